The molecular formula is C41H46Cl2N2O11S. The van der Waals surface area contributed by atoms with Crippen molar-refractivity contribution in [3.8, 4) is 23.0 Å². The minimum atomic E-state index is -1.13. The zero-order chi connectivity index (χ0) is 42.2. The molecule has 3 aromatic carbocycles. The molecule has 16 heteroatoms. The van der Waals surface area contributed by atoms with Crippen LogP contribution in [0.2, 0.25) is 10.0 Å². The van der Waals surface area contributed by atoms with Gasteiger partial charge in [-0.05, 0) is 105 Å². The number of aromatic hydroxyl groups is 3. The van der Waals surface area contributed by atoms with E-state index in [-0.39, 0.29) is 51.0 Å². The van der Waals surface area contributed by atoms with E-state index in [0.29, 0.717) is 23.2 Å². The molecule has 4 aromatic rings. The summed E-state index contributed by atoms with van der Waals surface area (Å²) in [7, 11) is 0. The van der Waals surface area contributed by atoms with Crippen LogP contribution in [0.3, 0.4) is 0 Å². The van der Waals surface area contributed by atoms with Crippen LogP contribution in [0.1, 0.15) is 53.1 Å². The first-order valence-electron chi connectivity index (χ1n) is 17.7. The first kappa shape index (κ1) is 46.3. The molecule has 5 rings (SSSR count). The van der Waals surface area contributed by atoms with E-state index in [1.807, 2.05) is 18.2 Å². The van der Waals surface area contributed by atoms with Gasteiger partial charge in [0.05, 0.1) is 16.3 Å². The molecule has 57 heavy (non-hydrogen) atoms. The topological polar surface area (TPSA) is 223 Å². The molecule has 1 unspecified atom stereocenters. The number of aryl methyl sites for hydroxylation is 1. The Morgan fingerprint density at radius 2 is 1.60 bits per heavy atom. The van der Waals surface area contributed by atoms with E-state index < -0.39 is 36.5 Å². The van der Waals surface area contributed by atoms with Gasteiger partial charge in [-0.15, -0.1) is 11.3 Å². The Morgan fingerprint density at radius 1 is 0.912 bits per heavy atom. The van der Waals surface area contributed by atoms with Gasteiger partial charge in [0.2, 0.25) is 5.78 Å². The maximum Gasteiger partial charge on any atom is 0.341 e. The molecule has 0 radical (unpaired) electrons. The summed E-state index contributed by atoms with van der Waals surface area (Å²) >= 11 is 13.3. The second kappa shape index (κ2) is 22.6. The summed E-state index contributed by atoms with van der Waals surface area (Å²) in [6, 6.07) is 18.2. The van der Waals surface area contributed by atoms with Gasteiger partial charge < -0.3 is 46.0 Å². The van der Waals surface area contributed by atoms with E-state index >= 15 is 0 Å². The number of carboxylic acids is 3. The van der Waals surface area contributed by atoms with Gasteiger partial charge in [-0.1, -0.05) is 59.6 Å². The van der Waals surface area contributed by atoms with Gasteiger partial charge in [0.1, 0.15) is 22.6 Å². The van der Waals surface area contributed by atoms with Crippen LogP contribution >= 0.6 is 34.5 Å². The van der Waals surface area contributed by atoms with Crippen molar-refractivity contribution in [2.24, 2.45) is 11.8 Å². The highest BCUT2D eigenvalue weighted by molar-refractivity contribution is 7.12. The predicted octanol–water partition coefficient (Wildman–Crippen LogP) is 7.03. The minimum absolute atomic E-state index is 0.0234. The number of nitrogens with one attached hydrogen (secondary N) is 2. The molecule has 0 spiro atoms. The van der Waals surface area contributed by atoms with Crippen molar-refractivity contribution in [2.75, 3.05) is 19.7 Å². The number of ether oxygens (including phenoxy) is 1. The number of phenolic OH excluding ortho intramolecular Hbond substituents is 3. The van der Waals surface area contributed by atoms with Crippen LogP contribution in [0.25, 0.3) is 0 Å². The van der Waals surface area contributed by atoms with Crippen molar-refractivity contribution in [3.63, 3.8) is 0 Å². The molecule has 1 aromatic heterocycles. The van der Waals surface area contributed by atoms with Gasteiger partial charge in [-0.3, -0.25) is 14.4 Å². The van der Waals surface area contributed by atoms with Gasteiger partial charge in [0.25, 0.3) is 0 Å². The number of rotatable bonds is 16. The molecule has 2 heterocycles. The van der Waals surface area contributed by atoms with Gasteiger partial charge in [0.15, 0.2) is 18.1 Å². The summed E-state index contributed by atoms with van der Waals surface area (Å²) in [5, 5.41) is 62.3. The van der Waals surface area contributed by atoms with E-state index in [2.05, 4.69) is 24.1 Å². The van der Waals surface area contributed by atoms with Gasteiger partial charge in [-0.25, -0.2) is 4.79 Å². The lowest BCUT2D eigenvalue weighted by Gasteiger charge is -2.19. The summed E-state index contributed by atoms with van der Waals surface area (Å²) in [4.78, 5) is 44.7. The van der Waals surface area contributed by atoms with Crippen molar-refractivity contribution in [1.29, 1.82) is 0 Å². The predicted molar refractivity (Wildman–Crippen MR) is 218 cm³/mol. The summed E-state index contributed by atoms with van der Waals surface area (Å²) in [5.74, 6) is -3.54. The first-order valence-corrected chi connectivity index (χ1v) is 19.4. The van der Waals surface area contributed by atoms with E-state index in [1.54, 1.807) is 42.6 Å². The smallest absolute Gasteiger partial charge is 0.341 e. The zero-order valence-corrected chi connectivity index (χ0v) is 33.6. The number of carboxylic acid groups (broad SMARTS) is 3. The molecule has 8 N–H and O–H groups in total. The van der Waals surface area contributed by atoms with Gasteiger partial charge >= 0.3 is 17.9 Å². The summed E-state index contributed by atoms with van der Waals surface area (Å²) in [5.41, 5.74) is 3.29. The second-order valence-corrected chi connectivity index (χ2v) is 15.0. The molecule has 0 amide bonds. The molecule has 1 aliphatic rings. The number of hydrogen-bond donors (Lipinski definition) is 8. The van der Waals surface area contributed by atoms with E-state index in [4.69, 9.17) is 43.3 Å². The van der Waals surface area contributed by atoms with Crippen LogP contribution in [0.15, 0.2) is 84.3 Å². The second-order valence-electron chi connectivity index (χ2n) is 13.3. The van der Waals surface area contributed by atoms with Crippen molar-refractivity contribution in [2.45, 2.75) is 51.6 Å². The maximum atomic E-state index is 12.2. The van der Waals surface area contributed by atoms with Crippen LogP contribution in [-0.4, -0.2) is 86.1 Å². The van der Waals surface area contributed by atoms with Crippen molar-refractivity contribution in [1.82, 2.24) is 10.6 Å². The molecule has 1 aliphatic heterocycles. The lowest BCUT2D eigenvalue weighted by atomic mass is 9.84. The number of halogens is 2. The minimum Gasteiger partial charge on any atom is -0.508 e. The molecule has 1 fully saturated rings. The highest BCUT2D eigenvalue weighted by Crippen LogP contribution is 2.36. The van der Waals surface area contributed by atoms with Gasteiger partial charge in [0, 0.05) is 24.1 Å². The van der Waals surface area contributed by atoms with Crippen molar-refractivity contribution in [3.05, 3.63) is 116 Å². The lowest BCUT2D eigenvalue weighted by Crippen LogP contribution is -2.36. The summed E-state index contributed by atoms with van der Waals surface area (Å²) in [6.07, 6.45) is 2.65. The van der Waals surface area contributed by atoms with Crippen LogP contribution in [0, 0.1) is 11.8 Å². The fourth-order valence-electron chi connectivity index (χ4n) is 5.89. The Bertz CT molecular complexity index is 1970. The number of aliphatic carboxylic acids is 3. The Kier molecular flexibility index (Phi) is 18.3. The maximum absolute atomic E-state index is 12.2. The van der Waals surface area contributed by atoms with Crippen LogP contribution in [0.5, 0.6) is 23.0 Å². The molecule has 13 nitrogen and oxygen atoms in total. The largest absolute Gasteiger partial charge is 0.508 e. The highest BCUT2D eigenvalue weighted by atomic mass is 35.5. The SMILES string of the molecule is C=C(C)[C@H]1CN[C@H](C(=O)O)[C@H]1CC(=O)O.CC(CCc1ccc(O)cc1)NCCc1ccc(O)c(O)c1.O=C(O)COc1ccc(C(=O)c2cccs2)c(Cl)c1Cl. The third-order valence-corrected chi connectivity index (χ3v) is 10.7. The molecule has 1 saturated heterocycles. The number of carbonyl (C=O) groups is 4. The third kappa shape index (κ3) is 14.7. The number of benzene rings is 3. The molecule has 0 bridgehead atoms. The average Bonchev–Trinajstić information content (AvgIpc) is 3.85. The molecule has 4 atom stereocenters. The number of ketones is 1. The van der Waals surface area contributed by atoms with Gasteiger partial charge in [-0.2, -0.15) is 0 Å². The van der Waals surface area contributed by atoms with Crippen LogP contribution in [-0.2, 0) is 27.2 Å². The third-order valence-electron chi connectivity index (χ3n) is 8.95. The number of phenols is 3. The summed E-state index contributed by atoms with van der Waals surface area (Å²) < 4.78 is 4.98. The van der Waals surface area contributed by atoms with Crippen molar-refractivity contribution >= 4 is 58.2 Å². The van der Waals surface area contributed by atoms with E-state index in [0.717, 1.165) is 36.9 Å². The monoisotopic (exact) mass is 844 g/mol. The average molecular weight is 846 g/mol. The highest BCUT2D eigenvalue weighted by Gasteiger charge is 2.41. The molecule has 0 saturated carbocycles. The molecular weight excluding hydrogens is 799 g/mol. The normalized spacial score (nSPS) is 16.2. The van der Waals surface area contributed by atoms with E-state index in [1.165, 1.54) is 35.1 Å². The Balaban J connectivity index is 0.000000233. The Hall–Kier alpha value is -5.12. The standard InChI is InChI=1S/C18H23NO3.C13H8Cl2O4S.C10H15NO4/c1-13(2-3-14-4-7-16(20)8-5-14)19-11-10-15-6-9-17(21)18(22)12-15;14-11-7(13(18)9-2-1-5-20-9)3-4-8(12(11)15)19-6-10(16)17;1-5(2)7-4-11-9(10(14)15)6(7)3-8(12)13/h4-9,12-13,19-22H,2-3,10-11H2,1H3;1-5H,6H2,(H,16,17);6-7,9,11H,1,3-4H2,2H3,(H,12,13)(H,14,15)/t;;6-,7+,9-/m..0/s1. The molecule has 306 valence electrons. The fourth-order valence-corrected chi connectivity index (χ4v) is 7.03. The Labute approximate surface area is 344 Å². The van der Waals surface area contributed by atoms with E-state index in [9.17, 15) is 34.5 Å². The Morgan fingerprint density at radius 3 is 2.18 bits per heavy atom. The number of thiophene rings is 1. The lowest BCUT2D eigenvalue weighted by molar-refractivity contribution is -0.142. The number of hydrogen-bond acceptors (Lipinski definition) is 11. The molecule has 0 aliphatic carbocycles. The first-order chi connectivity index (χ1) is 27.0. The zero-order valence-electron chi connectivity index (χ0n) is 31.3. The number of carbonyl (C=O) groups excluding carboxylic acids is 1. The van der Waals surface area contributed by atoms with Crippen LogP contribution < -0.4 is 15.4 Å². The van der Waals surface area contributed by atoms with Crippen LogP contribution in [0.4, 0.5) is 0 Å². The van der Waals surface area contributed by atoms with Crippen molar-refractivity contribution < 1.29 is 54.6 Å². The quantitative estimate of drug-likeness (QED) is 0.0323. The summed E-state index contributed by atoms with van der Waals surface area (Å²) in [6.45, 7) is 8.48. The fraction of sp³-hybridized carbons (Fsp3) is 0.317.